The molecule has 0 aromatic heterocycles. The maximum atomic E-state index is 15.0. The number of aliphatic carboxylic acids is 1. The first-order chi connectivity index (χ1) is 54.2. The lowest BCUT2D eigenvalue weighted by molar-refractivity contribution is -0.142. The molecule has 1 aliphatic heterocycles. The van der Waals surface area contributed by atoms with E-state index in [4.69, 9.17) is 40.1 Å². The van der Waals surface area contributed by atoms with Crippen molar-refractivity contribution in [3.05, 3.63) is 71.8 Å². The molecule has 22 N–H and O–H groups in total. The smallest absolute Gasteiger partial charge is 0.305 e. The third-order valence-corrected chi connectivity index (χ3v) is 21.2. The van der Waals surface area contributed by atoms with E-state index in [-0.39, 0.29) is 139 Å². The van der Waals surface area contributed by atoms with Gasteiger partial charge in [0.15, 0.2) is 41.0 Å². The Morgan fingerprint density at radius 2 is 0.870 bits per heavy atom. The highest BCUT2D eigenvalue weighted by Gasteiger charge is 2.40. The molecule has 0 saturated carbocycles. The SMILES string of the molecule is CC[C@H](C)[C@@H]1CC(=O)[C@H](C(C)C)CC(=O)[C@H](CC(C)C)NC(=O)[C@H](CC(C)C)CC(=O)[C@H](Cc2ccccc2)NC(=O)CSC[C@@H](C(=O)CCC(N)=O)NC(=O)[C@H](CCCN=C(N)N)NC(=O)[C@H](Cc2ccccc2)NC(=O)[C@H](C(C)C)CC(=O)[C@H](CCCN=C(N)N)NC(=O)[C@H](CC(=O)O)NC(=O)[C@H](CCCN=C(N)N)CC1=O. The van der Waals surface area contributed by atoms with Crippen molar-refractivity contribution in [1.29, 1.82) is 0 Å². The van der Waals surface area contributed by atoms with E-state index < -0.39 is 215 Å². The van der Waals surface area contributed by atoms with E-state index in [1.165, 1.54) is 0 Å². The van der Waals surface area contributed by atoms with Crippen LogP contribution >= 0.6 is 11.8 Å². The topological polar surface area (TPSA) is 580 Å². The predicted octanol–water partition coefficient (Wildman–Crippen LogP) is 2.41. The van der Waals surface area contributed by atoms with Crippen LogP contribution in [-0.4, -0.2) is 184 Å². The number of Topliss-reactive ketones (excluding diaryl/α,β-unsaturated/α-hetero) is 6. The van der Waals surface area contributed by atoms with Gasteiger partial charge in [0.05, 0.1) is 36.3 Å². The Kier molecular flexibility index (Phi) is 44.5. The van der Waals surface area contributed by atoms with Gasteiger partial charge in [-0.25, -0.2) is 0 Å². The Morgan fingerprint density at radius 1 is 0.443 bits per heavy atom. The third-order valence-electron chi connectivity index (χ3n) is 20.2. The number of hydrogen-bond donors (Lipinski definition) is 15. The van der Waals surface area contributed by atoms with Crippen molar-refractivity contribution in [1.82, 2.24) is 37.2 Å². The van der Waals surface area contributed by atoms with Crippen LogP contribution in [-0.2, 0) is 84.8 Å². The number of thioether (sulfide) groups is 1. The standard InChI is InChI=1S/C81H127N17O16S/c1-11-49(10)56-41-66(101)54(47(6)7)39-69(104)59(34-46(4)5)95-74(110)53(33-45(2)3)38-67(102)60(35-50-21-14-12-15-22-50)92-71(106)44-115-43-63(64(99)28-29-70(82)105)98-76(112)58(27-20-32-91-81(87)88)94-77(113)61(36-51-23-16-13-17-24-51)97-75(111)55(48(8)9)40-68(103)57(26-19-31-90-80(85)86)93-78(114)62(42-72(107)108)96-73(109)52(37-65(56)100)25-18-30-89-79(83)84/h12-17,21-24,45-49,52-63H,11,18-20,25-44H2,1-10H3,(H2,82,105)(H,92,106)(H,93,114)(H,94,113)(H,95,110)(H,96,109)(H,97,111)(H,98,112)(H,107,108)(H4,83,84,89)(H4,85,86,90)(H4,87,88,91)/t49-,52+,53+,54-,55-,56-,57-,58-,59-,60-,61-,62-,63-/m0/s1. The molecule has 1 aliphatic rings. The van der Waals surface area contributed by atoms with Crippen LogP contribution in [0.25, 0.3) is 0 Å². The molecule has 0 radical (unpaired) electrons. The Hall–Kier alpha value is -10.1. The predicted molar refractivity (Wildman–Crippen MR) is 440 cm³/mol. The quantitative estimate of drug-likeness (QED) is 0.0303. The summed E-state index contributed by atoms with van der Waals surface area (Å²) in [5, 5.41) is 29.4. The number of carboxylic acids is 1. The number of nitrogens with zero attached hydrogens (tertiary/aromatic N) is 3. The maximum Gasteiger partial charge on any atom is 0.305 e. The van der Waals surface area contributed by atoms with Gasteiger partial charge in [0.2, 0.25) is 47.3 Å². The van der Waals surface area contributed by atoms with Crippen molar-refractivity contribution in [3.8, 4) is 0 Å². The lowest BCUT2D eigenvalue weighted by Crippen LogP contribution is -2.57. The third kappa shape index (κ3) is 38.2. The summed E-state index contributed by atoms with van der Waals surface area (Å²) in [7, 11) is 0. The minimum Gasteiger partial charge on any atom is -0.481 e. The van der Waals surface area contributed by atoms with Gasteiger partial charge >= 0.3 is 5.97 Å². The van der Waals surface area contributed by atoms with Gasteiger partial charge in [-0.05, 0) is 98.5 Å². The lowest BCUT2D eigenvalue weighted by atomic mass is 9.76. The van der Waals surface area contributed by atoms with Gasteiger partial charge in [-0.2, -0.15) is 0 Å². The van der Waals surface area contributed by atoms with E-state index in [0.29, 0.717) is 17.5 Å². The second kappa shape index (κ2) is 51.6. The molecule has 13 atom stereocenters. The average molecular weight is 1630 g/mol. The summed E-state index contributed by atoms with van der Waals surface area (Å²) < 4.78 is 0. The normalized spacial score (nSPS) is 23.7. The van der Waals surface area contributed by atoms with Gasteiger partial charge in [0.25, 0.3) is 0 Å². The van der Waals surface area contributed by atoms with Crippen molar-refractivity contribution < 1.29 is 77.0 Å². The second-order valence-electron chi connectivity index (χ2n) is 31.5. The fourth-order valence-corrected chi connectivity index (χ4v) is 14.4. The molecule has 1 fully saturated rings. The lowest BCUT2D eigenvalue weighted by Gasteiger charge is -2.29. The molecule has 33 nitrogen and oxygen atoms in total. The van der Waals surface area contributed by atoms with Crippen molar-refractivity contribution in [3.63, 3.8) is 0 Å². The largest absolute Gasteiger partial charge is 0.481 e. The number of amides is 8. The van der Waals surface area contributed by atoms with Crippen molar-refractivity contribution >= 4 is 118 Å². The zero-order valence-corrected chi connectivity index (χ0v) is 69.2. The van der Waals surface area contributed by atoms with Crippen LogP contribution in [0.15, 0.2) is 75.6 Å². The molecule has 0 unspecified atom stereocenters. The fourth-order valence-electron chi connectivity index (χ4n) is 13.5. The first-order valence-electron chi connectivity index (χ1n) is 39.8. The van der Waals surface area contributed by atoms with Crippen LogP contribution in [0.4, 0.5) is 0 Å². The Bertz CT molecular complexity index is 3680. The van der Waals surface area contributed by atoms with Gasteiger partial charge < -0.3 is 82.5 Å². The summed E-state index contributed by atoms with van der Waals surface area (Å²) >= 11 is 0.891. The second-order valence-corrected chi connectivity index (χ2v) is 32.5. The minimum atomic E-state index is -1.90. The summed E-state index contributed by atoms with van der Waals surface area (Å²) in [4.78, 5) is 229. The zero-order chi connectivity index (χ0) is 86.2. The van der Waals surface area contributed by atoms with Gasteiger partial charge in [-0.1, -0.05) is 136 Å². The summed E-state index contributed by atoms with van der Waals surface area (Å²) in [6.07, 6.45) is -3.96. The first-order valence-corrected chi connectivity index (χ1v) is 40.9. The van der Waals surface area contributed by atoms with E-state index in [2.05, 4.69) is 52.2 Å². The Labute approximate surface area is 679 Å². The molecule has 2 aromatic rings. The molecule has 1 saturated heterocycles. The number of carbonyl (C=O) groups is 15. The maximum absolute atomic E-state index is 15.0. The number of nitrogens with two attached hydrogens (primary N) is 7. The van der Waals surface area contributed by atoms with Crippen molar-refractivity contribution in [2.45, 2.75) is 234 Å². The van der Waals surface area contributed by atoms with Gasteiger partial charge in [0.1, 0.15) is 29.7 Å². The monoisotopic (exact) mass is 1630 g/mol. The molecule has 0 aliphatic carbocycles. The zero-order valence-electron chi connectivity index (χ0n) is 68.4. The Morgan fingerprint density at radius 3 is 1.38 bits per heavy atom. The molecule has 34 heteroatoms. The van der Waals surface area contributed by atoms with E-state index in [1.54, 1.807) is 95.3 Å². The van der Waals surface area contributed by atoms with Gasteiger partial charge in [-0.15, -0.1) is 11.8 Å². The number of hydrogen-bond acceptors (Lipinski definition) is 19. The molecule has 3 rings (SSSR count). The van der Waals surface area contributed by atoms with E-state index in [9.17, 15) is 72.2 Å². The molecule has 2 aromatic carbocycles. The average Bonchev–Trinajstić information content (AvgIpc) is 0.846. The Balaban J connectivity index is 2.40. The number of rotatable bonds is 30. The highest BCUT2D eigenvalue weighted by atomic mass is 32.2. The highest BCUT2D eigenvalue weighted by Crippen LogP contribution is 2.31. The molecule has 0 spiro atoms. The molecule has 0 bridgehead atoms. The van der Waals surface area contributed by atoms with Gasteiger partial charge in [0, 0.05) is 106 Å². The van der Waals surface area contributed by atoms with E-state index >= 15 is 4.79 Å². The van der Waals surface area contributed by atoms with E-state index in [1.807, 2.05) is 34.6 Å². The molecule has 1 heterocycles. The molecule has 8 amide bonds. The summed E-state index contributed by atoms with van der Waals surface area (Å²) in [5.41, 5.74) is 40.5. The minimum absolute atomic E-state index is 0.0152. The molecule has 638 valence electrons. The molecular weight excluding hydrogens is 1500 g/mol. The van der Waals surface area contributed by atoms with E-state index in [0.717, 1.165) is 11.8 Å². The van der Waals surface area contributed by atoms with Crippen LogP contribution < -0.4 is 77.4 Å². The number of carboxylic acid groups (broad SMARTS) is 1. The van der Waals surface area contributed by atoms with Crippen molar-refractivity contribution in [2.75, 3.05) is 31.1 Å². The molecule has 115 heavy (non-hydrogen) atoms. The molecular formula is C81H127N17O16S. The van der Waals surface area contributed by atoms with Crippen LogP contribution in [0, 0.1) is 59.2 Å². The highest BCUT2D eigenvalue weighted by molar-refractivity contribution is 8.00. The number of benzene rings is 2. The summed E-state index contributed by atoms with van der Waals surface area (Å²) in [6.45, 7) is 17.6. The van der Waals surface area contributed by atoms with Crippen LogP contribution in [0.2, 0.25) is 0 Å². The number of primary amides is 1. The number of ketones is 6. The number of guanidine groups is 3. The van der Waals surface area contributed by atoms with Crippen LogP contribution in [0.5, 0.6) is 0 Å². The fraction of sp³-hybridized carbons (Fsp3) is 0.630. The van der Waals surface area contributed by atoms with Crippen molar-refractivity contribution in [2.24, 2.45) is 114 Å². The summed E-state index contributed by atoms with van der Waals surface area (Å²) in [6, 6.07) is 7.00. The number of aliphatic imine (C=N–C) groups is 3. The van der Waals surface area contributed by atoms with Gasteiger partial charge in [-0.3, -0.25) is 86.9 Å². The van der Waals surface area contributed by atoms with Crippen LogP contribution in [0.1, 0.15) is 190 Å². The number of nitrogens with one attached hydrogen (secondary N) is 7. The first kappa shape index (κ1) is 99.0. The number of carbonyl (C=O) groups excluding carboxylic acids is 14. The summed E-state index contributed by atoms with van der Waals surface area (Å²) in [5.74, 6) is -21.0. The van der Waals surface area contributed by atoms with Crippen LogP contribution in [0.3, 0.4) is 0 Å².